The molecule has 0 bridgehead atoms. The van der Waals surface area contributed by atoms with Crippen molar-refractivity contribution in [2.45, 2.75) is 6.04 Å². The van der Waals surface area contributed by atoms with Crippen molar-refractivity contribution in [3.63, 3.8) is 0 Å². The molecule has 2 amide bonds. The van der Waals surface area contributed by atoms with E-state index in [0.717, 1.165) is 10.9 Å². The first-order chi connectivity index (χ1) is 11.7. The molecule has 2 heterocycles. The minimum atomic E-state index is -1.11. The first kappa shape index (κ1) is 15.6. The number of rotatable bonds is 5. The average molecular weight is 326 g/mol. The van der Waals surface area contributed by atoms with E-state index in [2.05, 4.69) is 30.8 Å². The fourth-order valence-corrected chi connectivity index (χ4v) is 2.09. The smallest absolute Gasteiger partial charge is 0.272 e. The van der Waals surface area contributed by atoms with E-state index in [0.29, 0.717) is 5.69 Å². The zero-order valence-electron chi connectivity index (χ0n) is 12.4. The normalized spacial score (nSPS) is 11.9. The molecule has 0 aliphatic carbocycles. The summed E-state index contributed by atoms with van der Waals surface area (Å²) in [5, 5.41) is 22.0. The highest BCUT2D eigenvalue weighted by molar-refractivity contribution is 6.01. The van der Waals surface area contributed by atoms with Crippen LogP contribution in [0.1, 0.15) is 10.5 Å². The van der Waals surface area contributed by atoms with Crippen molar-refractivity contribution in [2.24, 2.45) is 0 Å². The lowest BCUT2D eigenvalue weighted by atomic mass is 10.2. The molecule has 0 spiro atoms. The van der Waals surface area contributed by atoms with E-state index in [9.17, 15) is 14.7 Å². The molecular weight excluding hydrogens is 312 g/mol. The van der Waals surface area contributed by atoms with Crippen LogP contribution in [0, 0.1) is 0 Å². The van der Waals surface area contributed by atoms with Gasteiger partial charge >= 0.3 is 0 Å². The van der Waals surface area contributed by atoms with Gasteiger partial charge in [0.2, 0.25) is 5.91 Å². The number of nitrogens with one attached hydrogen (secondary N) is 3. The second kappa shape index (κ2) is 6.84. The van der Waals surface area contributed by atoms with Crippen LogP contribution in [0.4, 0.5) is 5.69 Å². The molecule has 0 saturated carbocycles. The van der Waals surface area contributed by atoms with E-state index < -0.39 is 24.5 Å². The fraction of sp³-hybridized carbons (Fsp3) is 0.133. The molecule has 1 atom stereocenters. The minimum Gasteiger partial charge on any atom is -0.394 e. The number of hydrogen-bond acceptors (Lipinski definition) is 6. The molecular formula is C15H14N6O3. The monoisotopic (exact) mass is 326 g/mol. The van der Waals surface area contributed by atoms with Crippen molar-refractivity contribution in [1.29, 1.82) is 0 Å². The number of aliphatic hydroxyl groups is 1. The van der Waals surface area contributed by atoms with Crippen molar-refractivity contribution < 1.29 is 14.7 Å². The van der Waals surface area contributed by atoms with Crippen LogP contribution in [0.5, 0.6) is 0 Å². The Morgan fingerprint density at radius 3 is 2.88 bits per heavy atom. The summed E-state index contributed by atoms with van der Waals surface area (Å²) in [4.78, 5) is 31.8. The third-order valence-electron chi connectivity index (χ3n) is 3.31. The number of aliphatic hydroxyl groups excluding tert-OH is 1. The van der Waals surface area contributed by atoms with Gasteiger partial charge in [-0.05, 0) is 18.2 Å². The molecule has 0 fully saturated rings. The molecule has 24 heavy (non-hydrogen) atoms. The number of fused-ring (bicyclic) bond motifs is 1. The fourth-order valence-electron chi connectivity index (χ4n) is 2.09. The maximum atomic E-state index is 12.2. The van der Waals surface area contributed by atoms with Crippen LogP contribution in [-0.2, 0) is 4.79 Å². The molecule has 0 saturated heterocycles. The largest absolute Gasteiger partial charge is 0.394 e. The first-order valence-electron chi connectivity index (χ1n) is 7.09. The van der Waals surface area contributed by atoms with Gasteiger partial charge in [-0.25, -0.2) is 4.98 Å². The Kier molecular flexibility index (Phi) is 4.43. The summed E-state index contributed by atoms with van der Waals surface area (Å²) in [6.45, 7) is -0.551. The Balaban J connectivity index is 1.68. The van der Waals surface area contributed by atoms with E-state index in [1.807, 2.05) is 0 Å². The van der Waals surface area contributed by atoms with Crippen molar-refractivity contribution in [2.75, 3.05) is 11.9 Å². The van der Waals surface area contributed by atoms with E-state index in [4.69, 9.17) is 0 Å². The number of hydrogen-bond donors (Lipinski definition) is 4. The Morgan fingerprint density at radius 2 is 2.12 bits per heavy atom. The van der Waals surface area contributed by atoms with Crippen LogP contribution in [0.2, 0.25) is 0 Å². The maximum Gasteiger partial charge on any atom is 0.272 e. The zero-order chi connectivity index (χ0) is 16.9. The molecule has 9 nitrogen and oxygen atoms in total. The number of aromatic nitrogens is 4. The number of carbonyl (C=O) groups is 2. The molecule has 1 unspecified atom stereocenters. The third-order valence-corrected chi connectivity index (χ3v) is 3.31. The number of aromatic amines is 1. The molecule has 122 valence electrons. The summed E-state index contributed by atoms with van der Waals surface area (Å²) in [6.07, 6.45) is 5.73. The van der Waals surface area contributed by atoms with Crippen molar-refractivity contribution in [1.82, 2.24) is 25.5 Å². The summed E-state index contributed by atoms with van der Waals surface area (Å²) in [5.41, 5.74) is 1.34. The molecule has 3 aromatic rings. The van der Waals surface area contributed by atoms with Gasteiger partial charge in [0.1, 0.15) is 11.7 Å². The van der Waals surface area contributed by atoms with Gasteiger partial charge < -0.3 is 15.7 Å². The van der Waals surface area contributed by atoms with Gasteiger partial charge in [-0.1, -0.05) is 0 Å². The zero-order valence-corrected chi connectivity index (χ0v) is 12.4. The van der Waals surface area contributed by atoms with Gasteiger partial charge in [0, 0.05) is 23.5 Å². The third kappa shape index (κ3) is 3.36. The van der Waals surface area contributed by atoms with Crippen LogP contribution in [0.25, 0.3) is 10.9 Å². The molecule has 9 heteroatoms. The molecule has 2 aromatic heterocycles. The standard InChI is InChI=1S/C15H14N6O3/c22-8-13(20-14(23)12-7-16-3-4-17-12)15(24)19-10-2-1-9-6-18-21-11(9)5-10/h1-7,13,22H,8H2,(H,18,21)(H,19,24)(H,20,23). The lowest BCUT2D eigenvalue weighted by molar-refractivity contribution is -0.118. The highest BCUT2D eigenvalue weighted by atomic mass is 16.3. The Labute approximate surface area is 136 Å². The predicted molar refractivity (Wildman–Crippen MR) is 85.1 cm³/mol. The van der Waals surface area contributed by atoms with Gasteiger partial charge in [0.15, 0.2) is 0 Å². The lowest BCUT2D eigenvalue weighted by Crippen LogP contribution is -2.46. The second-order valence-electron chi connectivity index (χ2n) is 4.96. The van der Waals surface area contributed by atoms with Crippen LogP contribution in [0.15, 0.2) is 43.0 Å². The summed E-state index contributed by atoms with van der Waals surface area (Å²) < 4.78 is 0. The van der Waals surface area contributed by atoms with Gasteiger partial charge in [0.25, 0.3) is 5.91 Å². The Morgan fingerprint density at radius 1 is 1.25 bits per heavy atom. The van der Waals surface area contributed by atoms with Gasteiger partial charge in [-0.3, -0.25) is 19.7 Å². The highest BCUT2D eigenvalue weighted by Crippen LogP contribution is 2.16. The number of amides is 2. The topological polar surface area (TPSA) is 133 Å². The number of carbonyl (C=O) groups excluding carboxylic acids is 2. The average Bonchev–Trinajstić information content (AvgIpc) is 3.07. The van der Waals surface area contributed by atoms with Crippen LogP contribution < -0.4 is 10.6 Å². The quantitative estimate of drug-likeness (QED) is 0.525. The summed E-state index contributed by atoms with van der Waals surface area (Å²) >= 11 is 0. The van der Waals surface area contributed by atoms with E-state index >= 15 is 0 Å². The van der Waals surface area contributed by atoms with E-state index in [1.165, 1.54) is 18.6 Å². The maximum absolute atomic E-state index is 12.2. The van der Waals surface area contributed by atoms with Crippen LogP contribution in [-0.4, -0.2) is 49.7 Å². The van der Waals surface area contributed by atoms with E-state index in [1.54, 1.807) is 24.4 Å². The Hall–Kier alpha value is -3.33. The van der Waals surface area contributed by atoms with Crippen molar-refractivity contribution in [3.05, 3.63) is 48.7 Å². The van der Waals surface area contributed by atoms with Gasteiger partial charge in [-0.15, -0.1) is 0 Å². The minimum absolute atomic E-state index is 0.0580. The van der Waals surface area contributed by atoms with Crippen LogP contribution >= 0.6 is 0 Å². The second-order valence-corrected chi connectivity index (χ2v) is 4.96. The summed E-state index contributed by atoms with van der Waals surface area (Å²) in [7, 11) is 0. The van der Waals surface area contributed by atoms with Crippen molar-refractivity contribution in [3.8, 4) is 0 Å². The SMILES string of the molecule is O=C(NC(CO)C(=O)Nc1ccc2cn[nH]c2c1)c1cnccn1. The number of benzene rings is 1. The molecule has 1 aromatic carbocycles. The first-order valence-corrected chi connectivity index (χ1v) is 7.09. The molecule has 4 N–H and O–H groups in total. The van der Waals surface area contributed by atoms with E-state index in [-0.39, 0.29) is 5.69 Å². The Bertz CT molecular complexity index is 864. The highest BCUT2D eigenvalue weighted by Gasteiger charge is 2.21. The summed E-state index contributed by atoms with van der Waals surface area (Å²) in [6, 6.07) is 4.09. The van der Waals surface area contributed by atoms with Crippen molar-refractivity contribution >= 4 is 28.4 Å². The van der Waals surface area contributed by atoms with Gasteiger partial charge in [-0.2, -0.15) is 5.10 Å². The molecule has 3 rings (SSSR count). The predicted octanol–water partition coefficient (Wildman–Crippen LogP) is 0.0823. The molecule has 0 aliphatic heterocycles. The number of anilines is 1. The summed E-state index contributed by atoms with van der Waals surface area (Å²) in [5.74, 6) is -1.14. The molecule has 0 radical (unpaired) electrons. The lowest BCUT2D eigenvalue weighted by Gasteiger charge is -2.16. The number of nitrogens with zero attached hydrogens (tertiary/aromatic N) is 3. The van der Waals surface area contributed by atoms with Crippen LogP contribution in [0.3, 0.4) is 0 Å². The number of H-pyrrole nitrogens is 1. The van der Waals surface area contributed by atoms with Gasteiger partial charge in [0.05, 0.1) is 24.5 Å². The molecule has 0 aliphatic rings.